The number of methoxy groups -OCH3 is 1. The Balaban J connectivity index is 1.65. The summed E-state index contributed by atoms with van der Waals surface area (Å²) >= 11 is 6.30. The molecule has 150 valence electrons. The van der Waals surface area contributed by atoms with Crippen LogP contribution in [0.1, 0.15) is 33.6 Å². The highest BCUT2D eigenvalue weighted by molar-refractivity contribution is 6.31. The molecule has 5 rings (SSSR count). The van der Waals surface area contributed by atoms with Crippen LogP contribution in [0.4, 0.5) is 5.69 Å². The molecule has 5 nitrogen and oxygen atoms in total. The first-order chi connectivity index (χ1) is 14.6. The maximum Gasteiger partial charge on any atom is 0.337 e. The number of rotatable bonds is 2. The molecule has 2 heterocycles. The van der Waals surface area contributed by atoms with Crippen LogP contribution in [0, 0.1) is 0 Å². The minimum absolute atomic E-state index is 0.211. The van der Waals surface area contributed by atoms with Gasteiger partial charge in [0.1, 0.15) is 11.8 Å². The second-order valence-electron chi connectivity index (χ2n) is 7.11. The third-order valence-electron chi connectivity index (χ3n) is 5.40. The van der Waals surface area contributed by atoms with E-state index < -0.39 is 0 Å². The van der Waals surface area contributed by atoms with E-state index in [1.165, 1.54) is 7.11 Å². The molecular formula is C24H18ClNO4. The molecule has 0 spiro atoms. The number of halogens is 1. The highest BCUT2D eigenvalue weighted by atomic mass is 35.5. The molecule has 3 aromatic carbocycles. The molecule has 1 saturated heterocycles. The van der Waals surface area contributed by atoms with Gasteiger partial charge in [-0.1, -0.05) is 41.9 Å². The maximum atomic E-state index is 11.8. The third kappa shape index (κ3) is 2.90. The van der Waals surface area contributed by atoms with E-state index in [9.17, 15) is 4.79 Å². The molecule has 0 N–H and O–H groups in total. The van der Waals surface area contributed by atoms with Crippen LogP contribution in [-0.2, 0) is 9.47 Å². The largest absolute Gasteiger partial charge is 0.469 e. The molecule has 0 amide bonds. The highest BCUT2D eigenvalue weighted by Crippen LogP contribution is 2.55. The number of esters is 1. The zero-order chi connectivity index (χ0) is 20.8. The zero-order valence-electron chi connectivity index (χ0n) is 16.2. The van der Waals surface area contributed by atoms with Gasteiger partial charge >= 0.3 is 5.97 Å². The normalized spacial score (nSPS) is 19.0. The standard InChI is InChI=1S/C24H18ClNO4/c1-14-26-19-13-17(25)11-12-21(19)30-20-6-4-3-5-18(20)22(26)23(29-14)15-7-9-16(10-8-15)24(27)28-2/h3-13,22-23H,1H2,2H3/t22-,23?/m0/s1. The van der Waals surface area contributed by atoms with Crippen molar-refractivity contribution in [1.82, 2.24) is 0 Å². The molecule has 0 aliphatic carbocycles. The van der Waals surface area contributed by atoms with Crippen LogP contribution in [0.15, 0.2) is 79.2 Å². The molecule has 6 heteroatoms. The number of fused-ring (bicyclic) bond motifs is 5. The van der Waals surface area contributed by atoms with E-state index in [-0.39, 0.29) is 18.1 Å². The SMILES string of the molecule is C=C1OC(c2ccc(C(=O)OC)cc2)[C@@H]2c3ccccc3Oc3ccc(Cl)cc3N12. The van der Waals surface area contributed by atoms with Gasteiger partial charge in [-0.05, 0) is 48.5 Å². The molecule has 0 aromatic heterocycles. The Kier molecular flexibility index (Phi) is 4.40. The molecule has 1 unspecified atom stereocenters. The summed E-state index contributed by atoms with van der Waals surface area (Å²) in [5.41, 5.74) is 3.17. The topological polar surface area (TPSA) is 48.0 Å². The van der Waals surface area contributed by atoms with Gasteiger partial charge < -0.3 is 14.2 Å². The summed E-state index contributed by atoms with van der Waals surface area (Å²) in [6.07, 6.45) is -0.348. The summed E-state index contributed by atoms with van der Waals surface area (Å²) in [6, 6.07) is 20.4. The van der Waals surface area contributed by atoms with Crippen molar-refractivity contribution in [2.24, 2.45) is 0 Å². The van der Waals surface area contributed by atoms with Crippen molar-refractivity contribution in [3.05, 3.63) is 101 Å². The van der Waals surface area contributed by atoms with Crippen LogP contribution in [0.5, 0.6) is 11.5 Å². The Morgan fingerprint density at radius 3 is 2.60 bits per heavy atom. The molecule has 30 heavy (non-hydrogen) atoms. The molecule has 3 aromatic rings. The van der Waals surface area contributed by atoms with Crippen molar-refractivity contribution in [1.29, 1.82) is 0 Å². The molecule has 1 fully saturated rings. The summed E-state index contributed by atoms with van der Waals surface area (Å²) in [5.74, 6) is 1.56. The number of anilines is 1. The van der Waals surface area contributed by atoms with Crippen LogP contribution in [0.3, 0.4) is 0 Å². The highest BCUT2D eigenvalue weighted by Gasteiger charge is 2.45. The van der Waals surface area contributed by atoms with Gasteiger partial charge in [0.15, 0.2) is 17.7 Å². The van der Waals surface area contributed by atoms with Gasteiger partial charge in [-0.15, -0.1) is 0 Å². The van der Waals surface area contributed by atoms with E-state index in [0.29, 0.717) is 22.2 Å². The van der Waals surface area contributed by atoms with Gasteiger partial charge in [0.25, 0.3) is 0 Å². The number of hydrogen-bond acceptors (Lipinski definition) is 5. The summed E-state index contributed by atoms with van der Waals surface area (Å²) in [5, 5.41) is 0.598. The lowest BCUT2D eigenvalue weighted by atomic mass is 9.94. The summed E-state index contributed by atoms with van der Waals surface area (Å²) in [7, 11) is 1.36. The quantitative estimate of drug-likeness (QED) is 0.475. The van der Waals surface area contributed by atoms with E-state index in [1.807, 2.05) is 53.4 Å². The van der Waals surface area contributed by atoms with Crippen molar-refractivity contribution < 1.29 is 19.0 Å². The van der Waals surface area contributed by atoms with Crippen LogP contribution < -0.4 is 9.64 Å². The maximum absolute atomic E-state index is 11.8. The van der Waals surface area contributed by atoms with E-state index in [1.54, 1.807) is 18.2 Å². The lowest BCUT2D eigenvalue weighted by Crippen LogP contribution is -2.22. The van der Waals surface area contributed by atoms with Crippen molar-refractivity contribution in [3.63, 3.8) is 0 Å². The van der Waals surface area contributed by atoms with Crippen molar-refractivity contribution in [3.8, 4) is 11.5 Å². The zero-order valence-corrected chi connectivity index (χ0v) is 16.9. The number of hydrogen-bond donors (Lipinski definition) is 0. The average molecular weight is 420 g/mol. The number of carbonyl (C=O) groups excluding carboxylic acids is 1. The number of ether oxygens (including phenoxy) is 3. The molecule has 0 saturated carbocycles. The predicted molar refractivity (Wildman–Crippen MR) is 114 cm³/mol. The van der Waals surface area contributed by atoms with Gasteiger partial charge in [-0.2, -0.15) is 0 Å². The van der Waals surface area contributed by atoms with Crippen molar-refractivity contribution in [2.75, 3.05) is 12.0 Å². The van der Waals surface area contributed by atoms with Crippen LogP contribution in [0.2, 0.25) is 5.02 Å². The number of nitrogens with zero attached hydrogens (tertiary/aromatic N) is 1. The Morgan fingerprint density at radius 1 is 1.07 bits per heavy atom. The molecule has 2 aliphatic rings. The Labute approximate surface area is 179 Å². The van der Waals surface area contributed by atoms with Crippen LogP contribution in [-0.4, -0.2) is 13.1 Å². The van der Waals surface area contributed by atoms with Crippen LogP contribution >= 0.6 is 11.6 Å². The van der Waals surface area contributed by atoms with Gasteiger partial charge in [-0.3, -0.25) is 4.90 Å². The summed E-state index contributed by atoms with van der Waals surface area (Å²) in [4.78, 5) is 13.8. The molecular weight excluding hydrogens is 402 g/mol. The van der Waals surface area contributed by atoms with E-state index >= 15 is 0 Å². The molecule has 2 atom stereocenters. The molecule has 2 aliphatic heterocycles. The van der Waals surface area contributed by atoms with Crippen LogP contribution in [0.25, 0.3) is 0 Å². The Bertz CT molecular complexity index is 1160. The number of carbonyl (C=O) groups is 1. The van der Waals surface area contributed by atoms with E-state index in [4.69, 9.17) is 25.8 Å². The first-order valence-electron chi connectivity index (χ1n) is 9.46. The predicted octanol–water partition coefficient (Wildman–Crippen LogP) is 6.02. The second-order valence-corrected chi connectivity index (χ2v) is 7.55. The molecule has 0 radical (unpaired) electrons. The van der Waals surface area contributed by atoms with E-state index in [2.05, 4.69) is 6.58 Å². The fourth-order valence-electron chi connectivity index (χ4n) is 4.02. The summed E-state index contributed by atoms with van der Waals surface area (Å²) in [6.45, 7) is 4.15. The van der Waals surface area contributed by atoms with Gasteiger partial charge in [-0.25, -0.2) is 4.79 Å². The third-order valence-corrected chi connectivity index (χ3v) is 5.63. The first-order valence-corrected chi connectivity index (χ1v) is 9.84. The Hall–Kier alpha value is -3.44. The lowest BCUT2D eigenvalue weighted by Gasteiger charge is -2.25. The van der Waals surface area contributed by atoms with E-state index in [0.717, 1.165) is 22.6 Å². The summed E-state index contributed by atoms with van der Waals surface area (Å²) < 4.78 is 17.3. The Morgan fingerprint density at radius 2 is 1.83 bits per heavy atom. The fourth-order valence-corrected chi connectivity index (χ4v) is 4.19. The lowest BCUT2D eigenvalue weighted by molar-refractivity contribution is 0.0600. The number of benzene rings is 3. The minimum atomic E-state index is -0.378. The average Bonchev–Trinajstić information content (AvgIpc) is 3.03. The van der Waals surface area contributed by atoms with Crippen molar-refractivity contribution in [2.45, 2.75) is 12.1 Å². The van der Waals surface area contributed by atoms with Gasteiger partial charge in [0.2, 0.25) is 0 Å². The monoisotopic (exact) mass is 419 g/mol. The van der Waals surface area contributed by atoms with Crippen molar-refractivity contribution >= 4 is 23.3 Å². The second kappa shape index (κ2) is 7.11. The first kappa shape index (κ1) is 18.6. The molecule has 0 bridgehead atoms. The van der Waals surface area contributed by atoms with Gasteiger partial charge in [0, 0.05) is 10.6 Å². The minimum Gasteiger partial charge on any atom is -0.469 e. The fraction of sp³-hybridized carbons (Fsp3) is 0.125. The number of para-hydroxylation sites is 1. The van der Waals surface area contributed by atoms with Gasteiger partial charge in [0.05, 0.1) is 18.4 Å². The smallest absolute Gasteiger partial charge is 0.337 e.